The predicted molar refractivity (Wildman–Crippen MR) is 48.8 cm³/mol. The van der Waals surface area contributed by atoms with Gasteiger partial charge in [0.25, 0.3) is 0 Å². The van der Waals surface area contributed by atoms with Crippen LogP contribution in [0.3, 0.4) is 0 Å². The fourth-order valence-corrected chi connectivity index (χ4v) is 1.69. The highest BCUT2D eigenvalue weighted by atomic mass is 16.5. The lowest BCUT2D eigenvalue weighted by atomic mass is 9.93. The molecule has 13 heavy (non-hydrogen) atoms. The first-order valence-electron chi connectivity index (χ1n) is 4.44. The lowest BCUT2D eigenvalue weighted by Crippen LogP contribution is -2.32. The fraction of sp³-hybridized carbons (Fsp3) is 0.400. The van der Waals surface area contributed by atoms with Crippen molar-refractivity contribution in [3.05, 3.63) is 29.8 Å². The van der Waals surface area contributed by atoms with E-state index in [-0.39, 0.29) is 6.04 Å². The second-order valence-electron chi connectivity index (χ2n) is 3.43. The Morgan fingerprint density at radius 3 is 3.00 bits per heavy atom. The summed E-state index contributed by atoms with van der Waals surface area (Å²) in [5.74, 6) is 1.16. The first kappa shape index (κ1) is 8.53. The van der Waals surface area contributed by atoms with E-state index in [1.807, 2.05) is 31.2 Å². The normalized spacial score (nSPS) is 26.3. The number of fused-ring (bicyclic) bond motifs is 1. The van der Waals surface area contributed by atoms with Gasteiger partial charge >= 0.3 is 0 Å². The fourth-order valence-electron chi connectivity index (χ4n) is 1.69. The Morgan fingerprint density at radius 2 is 2.23 bits per heavy atom. The Kier molecular flexibility index (Phi) is 2.20. The molecule has 1 heterocycles. The van der Waals surface area contributed by atoms with Gasteiger partial charge in [0.1, 0.15) is 5.75 Å². The lowest BCUT2D eigenvalue weighted by molar-refractivity contribution is 0.0689. The first-order chi connectivity index (χ1) is 6.33. The molecule has 0 aromatic heterocycles. The molecule has 0 saturated carbocycles. The number of ether oxygens (including phenoxy) is 1. The van der Waals surface area contributed by atoms with Crippen LogP contribution in [0.15, 0.2) is 24.3 Å². The highest BCUT2D eigenvalue weighted by Gasteiger charge is 2.26. The number of hydrogen-bond acceptors (Lipinski definition) is 3. The number of hydroxylamine groups is 1. The minimum Gasteiger partial charge on any atom is -0.493 e. The van der Waals surface area contributed by atoms with Crippen LogP contribution in [-0.4, -0.2) is 11.8 Å². The molecular formula is C10H13NO2. The third-order valence-electron chi connectivity index (χ3n) is 2.46. The van der Waals surface area contributed by atoms with Crippen LogP contribution in [0.2, 0.25) is 0 Å². The van der Waals surface area contributed by atoms with E-state index >= 15 is 0 Å². The van der Waals surface area contributed by atoms with Gasteiger partial charge in [-0.15, -0.1) is 0 Å². The zero-order chi connectivity index (χ0) is 9.26. The Morgan fingerprint density at radius 1 is 1.46 bits per heavy atom. The summed E-state index contributed by atoms with van der Waals surface area (Å²) in [6, 6.07) is 7.77. The van der Waals surface area contributed by atoms with Crippen molar-refractivity contribution in [3.63, 3.8) is 0 Å². The Balaban J connectivity index is 2.39. The second-order valence-corrected chi connectivity index (χ2v) is 3.43. The molecule has 2 rings (SSSR count). The van der Waals surface area contributed by atoms with Gasteiger partial charge in [0, 0.05) is 11.5 Å². The molecule has 1 aromatic rings. The molecule has 0 aliphatic carbocycles. The van der Waals surface area contributed by atoms with Crippen LogP contribution in [0.4, 0.5) is 0 Å². The summed E-state index contributed by atoms with van der Waals surface area (Å²) >= 11 is 0. The molecule has 0 fully saturated rings. The smallest absolute Gasteiger partial charge is 0.124 e. The van der Waals surface area contributed by atoms with Crippen molar-refractivity contribution in [2.45, 2.75) is 13.0 Å². The lowest BCUT2D eigenvalue weighted by Gasteiger charge is -2.30. The standard InChI is InChI=1S/C10H13NO2/c1-7-6-13-9-5-3-2-4-8(9)10(7)11-12/h2-5,7,10-12H,6H2,1H3. The molecule has 0 spiro atoms. The van der Waals surface area contributed by atoms with Gasteiger partial charge in [-0.25, -0.2) is 0 Å². The van der Waals surface area contributed by atoms with Gasteiger partial charge in [-0.2, -0.15) is 5.48 Å². The maximum atomic E-state index is 9.00. The summed E-state index contributed by atoms with van der Waals surface area (Å²) in [5.41, 5.74) is 3.36. The number of rotatable bonds is 1. The molecule has 3 heteroatoms. The van der Waals surface area contributed by atoms with Gasteiger partial charge in [-0.1, -0.05) is 25.1 Å². The maximum absolute atomic E-state index is 9.00. The number of hydrogen-bond donors (Lipinski definition) is 2. The van der Waals surface area contributed by atoms with E-state index in [0.29, 0.717) is 12.5 Å². The summed E-state index contributed by atoms with van der Waals surface area (Å²) in [6.45, 7) is 2.69. The number of benzene rings is 1. The average Bonchev–Trinajstić information content (AvgIpc) is 2.18. The van der Waals surface area contributed by atoms with Crippen LogP contribution in [0.25, 0.3) is 0 Å². The number of nitrogens with one attached hydrogen (secondary N) is 1. The molecule has 0 bridgehead atoms. The molecule has 1 aromatic carbocycles. The first-order valence-corrected chi connectivity index (χ1v) is 4.44. The molecule has 70 valence electrons. The monoisotopic (exact) mass is 179 g/mol. The van der Waals surface area contributed by atoms with Gasteiger partial charge in [-0.05, 0) is 6.07 Å². The van der Waals surface area contributed by atoms with E-state index in [1.165, 1.54) is 0 Å². The molecule has 2 atom stereocenters. The van der Waals surface area contributed by atoms with Crippen LogP contribution in [0, 0.1) is 5.92 Å². The van der Waals surface area contributed by atoms with E-state index < -0.39 is 0 Å². The van der Waals surface area contributed by atoms with Gasteiger partial charge < -0.3 is 9.94 Å². The maximum Gasteiger partial charge on any atom is 0.124 e. The van der Waals surface area contributed by atoms with Gasteiger partial charge in [0.05, 0.1) is 12.6 Å². The second kappa shape index (κ2) is 3.36. The van der Waals surface area contributed by atoms with Gasteiger partial charge in [-0.3, -0.25) is 0 Å². The van der Waals surface area contributed by atoms with Crippen molar-refractivity contribution in [1.29, 1.82) is 0 Å². The quantitative estimate of drug-likeness (QED) is 0.645. The van der Waals surface area contributed by atoms with E-state index in [0.717, 1.165) is 11.3 Å². The molecular weight excluding hydrogens is 166 g/mol. The minimum atomic E-state index is -0.00931. The van der Waals surface area contributed by atoms with Crippen LogP contribution in [-0.2, 0) is 0 Å². The van der Waals surface area contributed by atoms with E-state index in [9.17, 15) is 0 Å². The van der Waals surface area contributed by atoms with Crippen LogP contribution in [0.5, 0.6) is 5.75 Å². The molecule has 2 unspecified atom stereocenters. The van der Waals surface area contributed by atoms with E-state index in [4.69, 9.17) is 9.94 Å². The third-order valence-corrected chi connectivity index (χ3v) is 2.46. The Labute approximate surface area is 77.3 Å². The predicted octanol–water partition coefficient (Wildman–Crippen LogP) is 1.73. The topological polar surface area (TPSA) is 41.5 Å². The summed E-state index contributed by atoms with van der Waals surface area (Å²) in [5, 5.41) is 9.00. The summed E-state index contributed by atoms with van der Waals surface area (Å²) in [6.07, 6.45) is 0. The van der Waals surface area contributed by atoms with E-state index in [1.54, 1.807) is 0 Å². The van der Waals surface area contributed by atoms with Crippen molar-refractivity contribution in [2.24, 2.45) is 5.92 Å². The number of para-hydroxylation sites is 1. The van der Waals surface area contributed by atoms with E-state index in [2.05, 4.69) is 5.48 Å². The Bertz CT molecular complexity index is 301. The molecule has 2 N–H and O–H groups in total. The zero-order valence-corrected chi connectivity index (χ0v) is 7.53. The van der Waals surface area contributed by atoms with Crippen molar-refractivity contribution in [3.8, 4) is 5.75 Å². The summed E-state index contributed by atoms with van der Waals surface area (Å²) < 4.78 is 5.52. The average molecular weight is 179 g/mol. The van der Waals surface area contributed by atoms with Crippen LogP contribution < -0.4 is 10.2 Å². The van der Waals surface area contributed by atoms with Crippen LogP contribution in [0.1, 0.15) is 18.5 Å². The van der Waals surface area contributed by atoms with Crippen molar-refractivity contribution < 1.29 is 9.94 Å². The SMILES string of the molecule is CC1COc2ccccc2C1NO. The molecule has 0 saturated heterocycles. The highest BCUT2D eigenvalue weighted by molar-refractivity contribution is 5.37. The molecule has 1 aliphatic rings. The molecule has 0 radical (unpaired) electrons. The van der Waals surface area contributed by atoms with Gasteiger partial charge in [0.15, 0.2) is 0 Å². The molecule has 3 nitrogen and oxygen atoms in total. The van der Waals surface area contributed by atoms with Crippen molar-refractivity contribution >= 4 is 0 Å². The Hall–Kier alpha value is -1.06. The van der Waals surface area contributed by atoms with Crippen molar-refractivity contribution in [2.75, 3.05) is 6.61 Å². The summed E-state index contributed by atoms with van der Waals surface area (Å²) in [7, 11) is 0. The summed E-state index contributed by atoms with van der Waals surface area (Å²) in [4.78, 5) is 0. The molecule has 1 aliphatic heterocycles. The van der Waals surface area contributed by atoms with Crippen molar-refractivity contribution in [1.82, 2.24) is 5.48 Å². The van der Waals surface area contributed by atoms with Crippen LogP contribution >= 0.6 is 0 Å². The highest BCUT2D eigenvalue weighted by Crippen LogP contribution is 2.34. The van der Waals surface area contributed by atoms with Gasteiger partial charge in [0.2, 0.25) is 0 Å². The zero-order valence-electron chi connectivity index (χ0n) is 7.53. The minimum absolute atomic E-state index is 0.00931. The third kappa shape index (κ3) is 1.41. The molecule has 0 amide bonds. The largest absolute Gasteiger partial charge is 0.493 e.